The monoisotopic (exact) mass is 1150 g/mol. The summed E-state index contributed by atoms with van der Waals surface area (Å²) >= 11 is 0. The molecule has 0 aliphatic carbocycles. The molecule has 482 valence electrons. The van der Waals surface area contributed by atoms with Crippen LogP contribution in [0.5, 0.6) is 0 Å². The van der Waals surface area contributed by atoms with E-state index in [1.807, 2.05) is 0 Å². The Kier molecular flexibility index (Phi) is 61.5. The standard InChI is InChI=1S/C72H140O9/c73-65-64-72(66-74,67-75)71(61-55-49-43-37-31-25-19-13-7-1-4-10-16-22-28-34-40-46-52-58-68(76)77,62-56-50-44-38-32-26-20-14-8-2-5-11-17-23-29-35-41-47-53-59-69(78)79)63-57-51-45-39-33-27-21-15-9-3-6-12-18-24-30-36-42-48-54-60-70(80)81/h73-75H,1-67H2,(H,76,77)(H,78,79)(H,80,81). The van der Waals surface area contributed by atoms with Crippen molar-refractivity contribution in [1.29, 1.82) is 0 Å². The minimum atomic E-state index is -0.669. The van der Waals surface area contributed by atoms with Gasteiger partial charge in [0.25, 0.3) is 0 Å². The maximum absolute atomic E-state index is 11.2. The predicted molar refractivity (Wildman–Crippen MR) is 345 cm³/mol. The zero-order chi connectivity index (χ0) is 59.1. The second-order valence-corrected chi connectivity index (χ2v) is 26.2. The summed E-state index contributed by atoms with van der Waals surface area (Å²) in [4.78, 5) is 32.0. The van der Waals surface area contributed by atoms with E-state index in [-0.39, 0.29) is 25.2 Å². The maximum Gasteiger partial charge on any atom is 0.303 e. The molecule has 0 rings (SSSR count). The van der Waals surface area contributed by atoms with Gasteiger partial charge in [-0.3, -0.25) is 14.4 Å². The smallest absolute Gasteiger partial charge is 0.303 e. The quantitative estimate of drug-likeness (QED) is 0.0324. The number of hydrogen-bond donors (Lipinski definition) is 6. The van der Waals surface area contributed by atoms with Gasteiger partial charge < -0.3 is 30.6 Å². The number of hydrogen-bond acceptors (Lipinski definition) is 6. The summed E-state index contributed by atoms with van der Waals surface area (Å²) in [6.07, 6.45) is 76.8. The minimum Gasteiger partial charge on any atom is -0.481 e. The molecule has 0 heterocycles. The number of carbonyl (C=O) groups is 3. The van der Waals surface area contributed by atoms with E-state index < -0.39 is 23.3 Å². The molecule has 0 aromatic carbocycles. The van der Waals surface area contributed by atoms with Gasteiger partial charge in [0.05, 0.1) is 13.2 Å². The van der Waals surface area contributed by atoms with Gasteiger partial charge in [-0.25, -0.2) is 0 Å². The lowest BCUT2D eigenvalue weighted by Gasteiger charge is -2.50. The molecule has 0 aromatic heterocycles. The molecule has 6 N–H and O–H groups in total. The van der Waals surface area contributed by atoms with E-state index in [1.165, 1.54) is 308 Å². The van der Waals surface area contributed by atoms with Crippen molar-refractivity contribution in [1.82, 2.24) is 0 Å². The van der Waals surface area contributed by atoms with Gasteiger partial charge in [0, 0.05) is 31.3 Å². The van der Waals surface area contributed by atoms with Crippen LogP contribution in [0.25, 0.3) is 0 Å². The fourth-order valence-electron chi connectivity index (χ4n) is 13.4. The van der Waals surface area contributed by atoms with Gasteiger partial charge in [-0.05, 0) is 50.4 Å². The summed E-state index contributed by atoms with van der Waals surface area (Å²) in [5.41, 5.74) is -0.775. The van der Waals surface area contributed by atoms with Crippen molar-refractivity contribution in [3.63, 3.8) is 0 Å². The summed E-state index contributed by atoms with van der Waals surface area (Å²) in [6, 6.07) is 0. The molecule has 0 aliphatic heterocycles. The highest BCUT2D eigenvalue weighted by Crippen LogP contribution is 2.53. The largest absolute Gasteiger partial charge is 0.481 e. The Morgan fingerprint density at radius 3 is 0.444 bits per heavy atom. The average Bonchev–Trinajstić information content (AvgIpc) is 3.45. The van der Waals surface area contributed by atoms with E-state index in [4.69, 9.17) is 15.3 Å². The van der Waals surface area contributed by atoms with Crippen LogP contribution in [0.15, 0.2) is 0 Å². The highest BCUT2D eigenvalue weighted by atomic mass is 16.4. The van der Waals surface area contributed by atoms with Gasteiger partial charge in [-0.2, -0.15) is 0 Å². The number of aliphatic hydroxyl groups excluding tert-OH is 3. The molecule has 9 heteroatoms. The van der Waals surface area contributed by atoms with E-state index in [0.717, 1.165) is 77.0 Å². The first-order valence-corrected chi connectivity index (χ1v) is 36.2. The van der Waals surface area contributed by atoms with Crippen LogP contribution in [-0.2, 0) is 14.4 Å². The van der Waals surface area contributed by atoms with E-state index in [1.54, 1.807) is 0 Å². The normalized spacial score (nSPS) is 12.0. The Hall–Kier alpha value is -1.71. The number of aliphatic hydroxyl groups is 3. The van der Waals surface area contributed by atoms with Crippen molar-refractivity contribution in [2.75, 3.05) is 19.8 Å². The summed E-state index contributed by atoms with van der Waals surface area (Å²) in [6.45, 7) is -0.0658. The van der Waals surface area contributed by atoms with Crippen LogP contribution in [0, 0.1) is 10.8 Å². The third-order valence-electron chi connectivity index (χ3n) is 19.0. The van der Waals surface area contributed by atoms with Crippen LogP contribution >= 0.6 is 0 Å². The van der Waals surface area contributed by atoms with Crippen LogP contribution < -0.4 is 0 Å². The lowest BCUT2D eigenvalue weighted by Crippen LogP contribution is -2.48. The number of aliphatic carboxylic acids is 3. The highest BCUT2D eigenvalue weighted by Gasteiger charge is 2.48. The Labute approximate surface area is 502 Å². The second-order valence-electron chi connectivity index (χ2n) is 26.2. The van der Waals surface area contributed by atoms with Gasteiger partial charge in [0.15, 0.2) is 0 Å². The molecular formula is C72H140O9. The summed E-state index contributed by atoms with van der Waals surface area (Å²) in [7, 11) is 0. The minimum absolute atomic E-state index is 0.0165. The fourth-order valence-corrected chi connectivity index (χ4v) is 13.4. The first kappa shape index (κ1) is 79.3. The van der Waals surface area contributed by atoms with Gasteiger partial charge in [-0.1, -0.05) is 347 Å². The van der Waals surface area contributed by atoms with Gasteiger partial charge in [0.2, 0.25) is 0 Å². The summed E-state index contributed by atoms with van der Waals surface area (Å²) in [5.74, 6) is -2.01. The third-order valence-corrected chi connectivity index (χ3v) is 19.0. The first-order valence-electron chi connectivity index (χ1n) is 36.2. The van der Waals surface area contributed by atoms with Crippen molar-refractivity contribution >= 4 is 17.9 Å². The summed E-state index contributed by atoms with van der Waals surface area (Å²) in [5, 5.41) is 59.1. The van der Waals surface area contributed by atoms with Crippen molar-refractivity contribution in [3.05, 3.63) is 0 Å². The van der Waals surface area contributed by atoms with Gasteiger partial charge in [-0.15, -0.1) is 0 Å². The first-order chi connectivity index (χ1) is 39.7. The predicted octanol–water partition coefficient (Wildman–Crippen LogP) is 22.2. The number of carboxylic acids is 3. The molecule has 0 amide bonds. The number of unbranched alkanes of at least 4 members (excludes halogenated alkanes) is 54. The second kappa shape index (κ2) is 62.8. The zero-order valence-corrected chi connectivity index (χ0v) is 53.8. The Balaban J connectivity index is 4.75. The van der Waals surface area contributed by atoms with Crippen LogP contribution in [-0.4, -0.2) is 68.4 Å². The van der Waals surface area contributed by atoms with Gasteiger partial charge >= 0.3 is 17.9 Å². The maximum atomic E-state index is 11.2. The topological polar surface area (TPSA) is 173 Å². The molecule has 0 saturated heterocycles. The molecular weight excluding hydrogens is 1010 g/mol. The number of carboxylic acid groups (broad SMARTS) is 3. The molecule has 0 aliphatic rings. The third kappa shape index (κ3) is 53.5. The van der Waals surface area contributed by atoms with Gasteiger partial charge in [0.1, 0.15) is 0 Å². The Morgan fingerprint density at radius 2 is 0.321 bits per heavy atom. The Bertz CT molecular complexity index is 1170. The molecule has 0 aromatic rings. The lowest BCUT2D eigenvalue weighted by molar-refractivity contribution is -0.138. The molecule has 0 spiro atoms. The van der Waals surface area contributed by atoms with E-state index in [2.05, 4.69) is 0 Å². The molecule has 0 atom stereocenters. The molecule has 0 fully saturated rings. The average molecular weight is 1150 g/mol. The Morgan fingerprint density at radius 1 is 0.185 bits per heavy atom. The lowest BCUT2D eigenvalue weighted by atomic mass is 9.55. The van der Waals surface area contributed by atoms with E-state index in [0.29, 0.717) is 25.7 Å². The molecule has 0 bridgehead atoms. The van der Waals surface area contributed by atoms with Crippen molar-refractivity contribution in [3.8, 4) is 0 Å². The van der Waals surface area contributed by atoms with E-state index >= 15 is 0 Å². The van der Waals surface area contributed by atoms with Crippen LogP contribution in [0.3, 0.4) is 0 Å². The van der Waals surface area contributed by atoms with Crippen molar-refractivity contribution in [2.24, 2.45) is 10.8 Å². The zero-order valence-electron chi connectivity index (χ0n) is 53.8. The fraction of sp³-hybridized carbons (Fsp3) is 0.958. The molecule has 0 saturated carbocycles. The molecule has 0 unspecified atom stereocenters. The van der Waals surface area contributed by atoms with Crippen molar-refractivity contribution < 1.29 is 45.0 Å². The van der Waals surface area contributed by atoms with Crippen LogP contribution in [0.1, 0.15) is 411 Å². The molecule has 0 radical (unpaired) electrons. The highest BCUT2D eigenvalue weighted by molar-refractivity contribution is 5.67. The van der Waals surface area contributed by atoms with Crippen LogP contribution in [0.2, 0.25) is 0 Å². The molecule has 81 heavy (non-hydrogen) atoms. The van der Waals surface area contributed by atoms with Crippen LogP contribution in [0.4, 0.5) is 0 Å². The number of rotatable bonds is 71. The van der Waals surface area contributed by atoms with Crippen molar-refractivity contribution in [2.45, 2.75) is 411 Å². The van der Waals surface area contributed by atoms with E-state index in [9.17, 15) is 29.7 Å². The summed E-state index contributed by atoms with van der Waals surface area (Å²) < 4.78 is 0. The SMILES string of the molecule is O=C(O)CCCCCCCCCCCCCCCCCCCCCC(CCCCCCCCCCCCCCCCCCCCCC(=O)O)(CCCCCCCCCCCCCCCCCCCCCC(=O)O)C(CO)(CO)CCO. The molecule has 9 nitrogen and oxygen atoms in total.